The summed E-state index contributed by atoms with van der Waals surface area (Å²) in [6.07, 6.45) is 16.2. The predicted octanol–water partition coefficient (Wildman–Crippen LogP) is 4.76. The maximum absolute atomic E-state index is 13.1. The molecule has 3 aliphatic rings. The Bertz CT molecular complexity index is 857. The summed E-state index contributed by atoms with van der Waals surface area (Å²) in [4.78, 5) is 24.1. The predicted molar refractivity (Wildman–Crippen MR) is 114 cm³/mol. The Morgan fingerprint density at radius 3 is 2.80 bits per heavy atom. The minimum atomic E-state index is -0.174. The zero-order valence-corrected chi connectivity index (χ0v) is 17.8. The molecule has 160 valence electrons. The maximum atomic E-state index is 13.1. The smallest absolute Gasteiger partial charge is 0.259 e. The number of carbonyl (C=O) groups excluding carboxylic acids is 1. The van der Waals surface area contributed by atoms with Gasteiger partial charge in [-0.2, -0.15) is 4.98 Å². The number of hydrogen-bond donors (Lipinski definition) is 0. The first-order valence-electron chi connectivity index (χ1n) is 11.7. The maximum Gasteiger partial charge on any atom is 0.259 e. The molecule has 5 rings (SSSR count). The molecule has 1 unspecified atom stereocenters. The van der Waals surface area contributed by atoms with Gasteiger partial charge in [0.25, 0.3) is 5.89 Å². The molecule has 1 amide bonds. The van der Waals surface area contributed by atoms with Crippen LogP contribution in [0.15, 0.2) is 29.0 Å². The van der Waals surface area contributed by atoms with Crippen LogP contribution in [-0.2, 0) is 10.2 Å². The summed E-state index contributed by atoms with van der Waals surface area (Å²) >= 11 is 0. The van der Waals surface area contributed by atoms with E-state index in [1.807, 2.05) is 12.1 Å². The minimum Gasteiger partial charge on any atom is -0.342 e. The van der Waals surface area contributed by atoms with Gasteiger partial charge in [-0.25, -0.2) is 0 Å². The number of likely N-dealkylation sites (tertiary alicyclic amines) is 1. The summed E-state index contributed by atoms with van der Waals surface area (Å²) in [6.45, 7) is 1.60. The molecule has 2 aromatic rings. The van der Waals surface area contributed by atoms with Crippen LogP contribution < -0.4 is 0 Å². The third-order valence-electron chi connectivity index (χ3n) is 7.36. The molecule has 2 saturated carbocycles. The van der Waals surface area contributed by atoms with E-state index in [4.69, 9.17) is 9.51 Å². The molecule has 2 aromatic heterocycles. The number of carbonyl (C=O) groups is 1. The van der Waals surface area contributed by atoms with Crippen LogP contribution in [0.5, 0.6) is 0 Å². The Hall–Kier alpha value is -2.24. The molecule has 1 saturated heterocycles. The van der Waals surface area contributed by atoms with Gasteiger partial charge >= 0.3 is 0 Å². The van der Waals surface area contributed by atoms with Crippen LogP contribution in [0.3, 0.4) is 0 Å². The molecular formula is C24H32N4O2. The van der Waals surface area contributed by atoms with Gasteiger partial charge < -0.3 is 9.42 Å². The summed E-state index contributed by atoms with van der Waals surface area (Å²) in [5.74, 6) is 3.12. The highest BCUT2D eigenvalue weighted by Crippen LogP contribution is 2.46. The van der Waals surface area contributed by atoms with Gasteiger partial charge in [0.05, 0.1) is 11.0 Å². The molecule has 1 aliphatic heterocycles. The van der Waals surface area contributed by atoms with E-state index in [0.29, 0.717) is 18.2 Å². The van der Waals surface area contributed by atoms with Crippen molar-refractivity contribution in [3.8, 4) is 11.5 Å². The van der Waals surface area contributed by atoms with E-state index < -0.39 is 0 Å². The molecule has 1 atom stereocenters. The lowest BCUT2D eigenvalue weighted by Gasteiger charge is -2.41. The molecule has 6 heteroatoms. The van der Waals surface area contributed by atoms with Crippen LogP contribution in [0.4, 0.5) is 0 Å². The van der Waals surface area contributed by atoms with E-state index in [2.05, 4.69) is 15.0 Å². The number of nitrogens with zero attached hydrogens (tertiary/aromatic N) is 4. The Morgan fingerprint density at radius 2 is 2.03 bits per heavy atom. The zero-order chi connectivity index (χ0) is 20.4. The van der Waals surface area contributed by atoms with Crippen molar-refractivity contribution in [2.24, 2.45) is 11.8 Å². The first-order chi connectivity index (χ1) is 14.7. The molecule has 0 bridgehead atoms. The monoisotopic (exact) mass is 408 g/mol. The number of hydrogen-bond acceptors (Lipinski definition) is 5. The van der Waals surface area contributed by atoms with E-state index in [-0.39, 0.29) is 5.41 Å². The van der Waals surface area contributed by atoms with Crippen molar-refractivity contribution in [1.29, 1.82) is 0 Å². The van der Waals surface area contributed by atoms with Gasteiger partial charge in [0.2, 0.25) is 5.91 Å². The van der Waals surface area contributed by atoms with Crippen molar-refractivity contribution in [3.63, 3.8) is 0 Å². The van der Waals surface area contributed by atoms with E-state index in [9.17, 15) is 4.79 Å². The van der Waals surface area contributed by atoms with Gasteiger partial charge in [-0.15, -0.1) is 0 Å². The van der Waals surface area contributed by atoms with E-state index in [1.54, 1.807) is 12.4 Å². The standard InChI is InChI=1S/C24H32N4O2/c29-21(11-10-18-5-1-2-6-18)28-14-4-12-24(17-28,15-19-8-9-19)23-26-22(30-27-23)20-7-3-13-25-16-20/h3,7,13,16,18-19H,1-2,4-6,8-12,14-15,17H2. The molecule has 0 aromatic carbocycles. The summed E-state index contributed by atoms with van der Waals surface area (Å²) in [5.41, 5.74) is 0.671. The molecule has 3 fully saturated rings. The van der Waals surface area contributed by atoms with Crippen molar-refractivity contribution in [2.75, 3.05) is 13.1 Å². The fourth-order valence-electron chi connectivity index (χ4n) is 5.49. The van der Waals surface area contributed by atoms with Gasteiger partial charge in [0, 0.05) is 31.9 Å². The molecule has 6 nitrogen and oxygen atoms in total. The molecule has 0 N–H and O–H groups in total. The fraction of sp³-hybridized carbons (Fsp3) is 0.667. The van der Waals surface area contributed by atoms with Crippen molar-refractivity contribution in [2.45, 2.75) is 76.0 Å². The summed E-state index contributed by atoms with van der Waals surface area (Å²) in [6, 6.07) is 3.82. The third-order valence-corrected chi connectivity index (χ3v) is 7.36. The molecular weight excluding hydrogens is 376 g/mol. The number of amides is 1. The van der Waals surface area contributed by atoms with Crippen LogP contribution in [0.2, 0.25) is 0 Å². The average Bonchev–Trinajstić information content (AvgIpc) is 3.23. The fourth-order valence-corrected chi connectivity index (χ4v) is 5.49. The summed E-state index contributed by atoms with van der Waals surface area (Å²) in [5, 5.41) is 4.42. The van der Waals surface area contributed by atoms with E-state index in [1.165, 1.54) is 38.5 Å². The van der Waals surface area contributed by atoms with Gasteiger partial charge in [-0.05, 0) is 49.7 Å². The SMILES string of the molecule is O=C(CCC1CCCC1)N1CCCC(CC2CC2)(c2noc(-c3cccnc3)n2)C1. The molecule has 3 heterocycles. The number of rotatable bonds is 7. The summed E-state index contributed by atoms with van der Waals surface area (Å²) < 4.78 is 5.64. The lowest BCUT2D eigenvalue weighted by atomic mass is 9.74. The second kappa shape index (κ2) is 8.48. The van der Waals surface area contributed by atoms with E-state index >= 15 is 0 Å². The van der Waals surface area contributed by atoms with Gasteiger partial charge in [0.1, 0.15) is 0 Å². The Morgan fingerprint density at radius 1 is 1.17 bits per heavy atom. The minimum absolute atomic E-state index is 0.174. The van der Waals surface area contributed by atoms with Crippen molar-refractivity contribution in [3.05, 3.63) is 30.4 Å². The Kier molecular flexibility index (Phi) is 5.57. The van der Waals surface area contributed by atoms with Gasteiger partial charge in [-0.1, -0.05) is 43.7 Å². The lowest BCUT2D eigenvalue weighted by Crippen LogP contribution is -2.49. The van der Waals surface area contributed by atoms with Crippen LogP contribution in [0, 0.1) is 11.8 Å². The third kappa shape index (κ3) is 4.28. The van der Waals surface area contributed by atoms with E-state index in [0.717, 1.165) is 62.0 Å². The zero-order valence-electron chi connectivity index (χ0n) is 17.8. The first-order valence-corrected chi connectivity index (χ1v) is 11.7. The van der Waals surface area contributed by atoms with Crippen LogP contribution >= 0.6 is 0 Å². The molecule has 0 spiro atoms. The highest BCUT2D eigenvalue weighted by atomic mass is 16.5. The van der Waals surface area contributed by atoms with Crippen LogP contribution in [0.25, 0.3) is 11.5 Å². The number of pyridine rings is 1. The van der Waals surface area contributed by atoms with Crippen molar-refractivity contribution < 1.29 is 9.32 Å². The molecule has 30 heavy (non-hydrogen) atoms. The molecule has 0 radical (unpaired) electrons. The van der Waals surface area contributed by atoms with Gasteiger partial charge in [0.15, 0.2) is 5.82 Å². The first kappa shape index (κ1) is 19.7. The highest BCUT2D eigenvalue weighted by Gasteiger charge is 2.45. The lowest BCUT2D eigenvalue weighted by molar-refractivity contribution is -0.134. The number of aromatic nitrogens is 3. The average molecular weight is 409 g/mol. The van der Waals surface area contributed by atoms with Gasteiger partial charge in [-0.3, -0.25) is 9.78 Å². The largest absolute Gasteiger partial charge is 0.342 e. The van der Waals surface area contributed by atoms with Crippen molar-refractivity contribution >= 4 is 5.91 Å². The Labute approximate surface area is 178 Å². The highest BCUT2D eigenvalue weighted by molar-refractivity contribution is 5.76. The quantitative estimate of drug-likeness (QED) is 0.660. The van der Waals surface area contributed by atoms with Crippen molar-refractivity contribution in [1.82, 2.24) is 20.0 Å². The van der Waals surface area contributed by atoms with Crippen LogP contribution in [-0.4, -0.2) is 39.0 Å². The summed E-state index contributed by atoms with van der Waals surface area (Å²) in [7, 11) is 0. The Balaban J connectivity index is 1.33. The van der Waals surface area contributed by atoms with Crippen LogP contribution in [0.1, 0.15) is 76.5 Å². The second-order valence-electron chi connectivity index (χ2n) is 9.70. The number of piperidine rings is 1. The normalized spacial score (nSPS) is 25.0. The molecule has 2 aliphatic carbocycles. The topological polar surface area (TPSA) is 72.1 Å². The second-order valence-corrected chi connectivity index (χ2v) is 9.70.